The van der Waals surface area contributed by atoms with Gasteiger partial charge in [-0.2, -0.15) is 5.10 Å². The Hall–Kier alpha value is -2.94. The summed E-state index contributed by atoms with van der Waals surface area (Å²) in [6.07, 6.45) is 3.90. The summed E-state index contributed by atoms with van der Waals surface area (Å²) in [5.41, 5.74) is 6.53. The summed E-state index contributed by atoms with van der Waals surface area (Å²) >= 11 is 0. The molecule has 4 aromatic rings. The lowest BCUT2D eigenvalue weighted by molar-refractivity contribution is 0.880. The minimum Gasteiger partial charge on any atom is -0.248 e. The van der Waals surface area contributed by atoms with Gasteiger partial charge in [0.2, 0.25) is 0 Å². The largest absolute Gasteiger partial charge is 0.248 e. The van der Waals surface area contributed by atoms with E-state index in [4.69, 9.17) is 4.98 Å². The first kappa shape index (κ1) is 13.7. The number of aryl methyl sites for hydroxylation is 2. The highest BCUT2D eigenvalue weighted by Crippen LogP contribution is 2.24. The van der Waals surface area contributed by atoms with Crippen molar-refractivity contribution in [3.05, 3.63) is 78.1 Å². The van der Waals surface area contributed by atoms with E-state index in [1.165, 1.54) is 16.5 Å². The molecule has 0 amide bonds. The van der Waals surface area contributed by atoms with Crippen LogP contribution in [-0.4, -0.2) is 14.8 Å². The van der Waals surface area contributed by atoms with Gasteiger partial charge in [-0.25, -0.2) is 9.67 Å². The topological polar surface area (TPSA) is 30.7 Å². The second-order valence-electron chi connectivity index (χ2n) is 5.85. The molecule has 0 radical (unpaired) electrons. The van der Waals surface area contributed by atoms with Crippen molar-refractivity contribution in [2.75, 3.05) is 0 Å². The third-order valence-electron chi connectivity index (χ3n) is 4.10. The highest BCUT2D eigenvalue weighted by atomic mass is 15.3. The van der Waals surface area contributed by atoms with Crippen LogP contribution < -0.4 is 0 Å². The first-order valence-electron chi connectivity index (χ1n) is 7.69. The van der Waals surface area contributed by atoms with Gasteiger partial charge < -0.3 is 0 Å². The lowest BCUT2D eigenvalue weighted by Crippen LogP contribution is -1.93. The van der Waals surface area contributed by atoms with E-state index >= 15 is 0 Å². The molecule has 0 bridgehead atoms. The Kier molecular flexibility index (Phi) is 3.19. The third-order valence-corrected chi connectivity index (χ3v) is 4.10. The molecule has 0 fully saturated rings. The van der Waals surface area contributed by atoms with E-state index in [0.29, 0.717) is 0 Å². The van der Waals surface area contributed by atoms with E-state index in [0.717, 1.165) is 22.5 Å². The SMILES string of the molecule is Cc1ccc(-n2cc(-c3cc(C)c4ccccc4n3)cn2)cc1. The summed E-state index contributed by atoms with van der Waals surface area (Å²) < 4.78 is 1.89. The number of para-hydroxylation sites is 1. The monoisotopic (exact) mass is 299 g/mol. The lowest BCUT2D eigenvalue weighted by atomic mass is 10.1. The van der Waals surface area contributed by atoms with Gasteiger partial charge in [0.25, 0.3) is 0 Å². The summed E-state index contributed by atoms with van der Waals surface area (Å²) in [7, 11) is 0. The van der Waals surface area contributed by atoms with Crippen molar-refractivity contribution in [3.8, 4) is 16.9 Å². The third kappa shape index (κ3) is 2.50. The van der Waals surface area contributed by atoms with Crippen LogP contribution in [0.3, 0.4) is 0 Å². The second kappa shape index (κ2) is 5.36. The van der Waals surface area contributed by atoms with E-state index < -0.39 is 0 Å². The molecule has 2 aromatic heterocycles. The summed E-state index contributed by atoms with van der Waals surface area (Å²) in [5.74, 6) is 0. The Morgan fingerprint density at radius 2 is 1.70 bits per heavy atom. The predicted octanol–water partition coefficient (Wildman–Crippen LogP) is 4.70. The number of pyridine rings is 1. The maximum absolute atomic E-state index is 4.77. The lowest BCUT2D eigenvalue weighted by Gasteiger charge is -2.05. The molecular formula is C20H17N3. The molecule has 3 nitrogen and oxygen atoms in total. The molecule has 4 rings (SSSR count). The number of hydrogen-bond donors (Lipinski definition) is 0. The standard InChI is InChI=1S/C20H17N3/c1-14-7-9-17(10-8-14)23-13-16(12-21-23)20-11-15(2)18-5-3-4-6-19(18)22-20/h3-13H,1-2H3. The predicted molar refractivity (Wildman–Crippen MR) is 93.8 cm³/mol. The highest BCUT2D eigenvalue weighted by molar-refractivity contribution is 5.84. The number of rotatable bonds is 2. The van der Waals surface area contributed by atoms with E-state index in [9.17, 15) is 0 Å². The second-order valence-corrected chi connectivity index (χ2v) is 5.85. The molecule has 0 aliphatic carbocycles. The molecule has 0 spiro atoms. The van der Waals surface area contributed by atoms with Crippen molar-refractivity contribution in [1.29, 1.82) is 0 Å². The van der Waals surface area contributed by atoms with Gasteiger partial charge in [-0.3, -0.25) is 0 Å². The minimum atomic E-state index is 0.958. The minimum absolute atomic E-state index is 0.958. The summed E-state index contributed by atoms with van der Waals surface area (Å²) in [4.78, 5) is 4.77. The van der Waals surface area contributed by atoms with E-state index in [1.54, 1.807) is 0 Å². The fourth-order valence-corrected chi connectivity index (χ4v) is 2.79. The van der Waals surface area contributed by atoms with Crippen molar-refractivity contribution in [2.24, 2.45) is 0 Å². The van der Waals surface area contributed by atoms with Crippen molar-refractivity contribution in [1.82, 2.24) is 14.8 Å². The molecular weight excluding hydrogens is 282 g/mol. The van der Waals surface area contributed by atoms with Crippen LogP contribution in [0.2, 0.25) is 0 Å². The number of hydrogen-bond acceptors (Lipinski definition) is 2. The van der Waals surface area contributed by atoms with Crippen molar-refractivity contribution in [2.45, 2.75) is 13.8 Å². The van der Waals surface area contributed by atoms with Gasteiger partial charge in [0.05, 0.1) is 23.1 Å². The van der Waals surface area contributed by atoms with Gasteiger partial charge in [-0.1, -0.05) is 35.9 Å². The summed E-state index contributed by atoms with van der Waals surface area (Å²) in [6, 6.07) is 18.7. The van der Waals surface area contributed by atoms with Crippen molar-refractivity contribution >= 4 is 10.9 Å². The van der Waals surface area contributed by atoms with Gasteiger partial charge in [0, 0.05) is 17.1 Å². The van der Waals surface area contributed by atoms with Crippen LogP contribution in [0.1, 0.15) is 11.1 Å². The van der Waals surface area contributed by atoms with Crippen molar-refractivity contribution < 1.29 is 0 Å². The maximum atomic E-state index is 4.77. The smallest absolute Gasteiger partial charge is 0.0744 e. The van der Waals surface area contributed by atoms with Crippen LogP contribution >= 0.6 is 0 Å². The Morgan fingerprint density at radius 1 is 0.913 bits per heavy atom. The van der Waals surface area contributed by atoms with Crippen LogP contribution in [0.15, 0.2) is 67.0 Å². The van der Waals surface area contributed by atoms with Gasteiger partial charge in [-0.15, -0.1) is 0 Å². The van der Waals surface area contributed by atoms with Gasteiger partial charge in [0.15, 0.2) is 0 Å². The molecule has 2 aromatic carbocycles. The number of aromatic nitrogens is 3. The van der Waals surface area contributed by atoms with E-state index in [1.807, 2.05) is 29.2 Å². The molecule has 0 saturated carbocycles. The first-order valence-corrected chi connectivity index (χ1v) is 7.69. The van der Waals surface area contributed by atoms with Crippen LogP contribution in [0, 0.1) is 13.8 Å². The molecule has 0 aliphatic heterocycles. The zero-order chi connectivity index (χ0) is 15.8. The van der Waals surface area contributed by atoms with Crippen LogP contribution in [0.4, 0.5) is 0 Å². The van der Waals surface area contributed by atoms with E-state index in [2.05, 4.69) is 61.4 Å². The Labute approximate surface area is 135 Å². The molecule has 0 N–H and O–H groups in total. The highest BCUT2D eigenvalue weighted by Gasteiger charge is 2.08. The van der Waals surface area contributed by atoms with Crippen LogP contribution in [0.25, 0.3) is 27.8 Å². The average molecular weight is 299 g/mol. The zero-order valence-corrected chi connectivity index (χ0v) is 13.2. The summed E-state index contributed by atoms with van der Waals surface area (Å²) in [6.45, 7) is 4.21. The Balaban J connectivity index is 1.78. The van der Waals surface area contributed by atoms with Gasteiger partial charge in [0.1, 0.15) is 0 Å². The molecule has 0 atom stereocenters. The van der Waals surface area contributed by atoms with Gasteiger partial charge >= 0.3 is 0 Å². The first-order chi connectivity index (χ1) is 11.2. The fraction of sp³-hybridized carbons (Fsp3) is 0.100. The molecule has 2 heterocycles. The van der Waals surface area contributed by atoms with Crippen molar-refractivity contribution in [3.63, 3.8) is 0 Å². The summed E-state index contributed by atoms with van der Waals surface area (Å²) in [5, 5.41) is 5.68. The molecule has 23 heavy (non-hydrogen) atoms. The molecule has 3 heteroatoms. The normalized spacial score (nSPS) is 11.0. The average Bonchev–Trinajstić information content (AvgIpc) is 3.05. The van der Waals surface area contributed by atoms with Crippen LogP contribution in [-0.2, 0) is 0 Å². The van der Waals surface area contributed by atoms with E-state index in [-0.39, 0.29) is 0 Å². The zero-order valence-electron chi connectivity index (χ0n) is 13.2. The van der Waals surface area contributed by atoms with Gasteiger partial charge in [-0.05, 0) is 43.7 Å². The fourth-order valence-electron chi connectivity index (χ4n) is 2.79. The quantitative estimate of drug-likeness (QED) is 0.537. The Bertz CT molecular complexity index is 981. The molecule has 112 valence electrons. The Morgan fingerprint density at radius 3 is 2.52 bits per heavy atom. The molecule has 0 saturated heterocycles. The maximum Gasteiger partial charge on any atom is 0.0744 e. The number of fused-ring (bicyclic) bond motifs is 1. The molecule has 0 aliphatic rings. The van der Waals surface area contributed by atoms with Crippen LogP contribution in [0.5, 0.6) is 0 Å². The molecule has 0 unspecified atom stereocenters. The number of nitrogens with zero attached hydrogens (tertiary/aromatic N) is 3. The number of benzene rings is 2.